The van der Waals surface area contributed by atoms with Crippen molar-refractivity contribution in [1.29, 1.82) is 0 Å². The molecule has 2 aliphatic rings. The van der Waals surface area contributed by atoms with E-state index in [0.717, 1.165) is 53.4 Å². The molecule has 134 valence electrons. The monoisotopic (exact) mass is 369 g/mol. The molecule has 7 nitrogen and oxygen atoms in total. The van der Waals surface area contributed by atoms with Crippen LogP contribution in [0.4, 0.5) is 5.82 Å². The fraction of sp³-hybridized carbons (Fsp3) is 0.389. The van der Waals surface area contributed by atoms with E-state index in [4.69, 9.17) is 4.74 Å². The van der Waals surface area contributed by atoms with Gasteiger partial charge < -0.3 is 19.5 Å². The van der Waals surface area contributed by atoms with E-state index < -0.39 is 0 Å². The Bertz CT molecular complexity index is 953. The predicted molar refractivity (Wildman–Crippen MR) is 100.0 cm³/mol. The predicted octanol–water partition coefficient (Wildman–Crippen LogP) is 2.52. The second-order valence-corrected chi connectivity index (χ2v) is 7.67. The normalized spacial score (nSPS) is 22.2. The number of thiophene rings is 1. The molecule has 0 aromatic carbocycles. The number of H-pyrrole nitrogens is 1. The van der Waals surface area contributed by atoms with Gasteiger partial charge >= 0.3 is 0 Å². The number of carbonyl (C=O) groups is 1. The average Bonchev–Trinajstić information content (AvgIpc) is 3.38. The molecule has 0 radical (unpaired) electrons. The Morgan fingerprint density at radius 3 is 2.85 bits per heavy atom. The van der Waals surface area contributed by atoms with Crippen LogP contribution >= 0.6 is 11.3 Å². The topological polar surface area (TPSA) is 74.3 Å². The molecule has 8 heteroatoms. The molecule has 3 aromatic rings. The van der Waals surface area contributed by atoms with E-state index in [0.29, 0.717) is 0 Å². The SMILES string of the molecule is COc1cc(C(=O)N2C3CCC2CN(c2ncnc4[nH]ccc24)C3)cs1. The molecule has 2 saturated heterocycles. The number of amides is 1. The van der Waals surface area contributed by atoms with Gasteiger partial charge in [0.25, 0.3) is 5.91 Å². The van der Waals surface area contributed by atoms with Gasteiger partial charge in [-0.25, -0.2) is 9.97 Å². The molecule has 0 saturated carbocycles. The van der Waals surface area contributed by atoms with Gasteiger partial charge in [-0.1, -0.05) is 0 Å². The summed E-state index contributed by atoms with van der Waals surface area (Å²) < 4.78 is 5.23. The first kappa shape index (κ1) is 15.6. The van der Waals surface area contributed by atoms with E-state index in [1.165, 1.54) is 11.3 Å². The summed E-state index contributed by atoms with van der Waals surface area (Å²) in [4.78, 5) is 29.3. The van der Waals surface area contributed by atoms with E-state index in [9.17, 15) is 4.79 Å². The summed E-state index contributed by atoms with van der Waals surface area (Å²) in [6.45, 7) is 1.61. The zero-order valence-electron chi connectivity index (χ0n) is 14.4. The van der Waals surface area contributed by atoms with E-state index in [2.05, 4.69) is 24.8 Å². The third kappa shape index (κ3) is 2.36. The molecule has 3 aromatic heterocycles. The van der Waals surface area contributed by atoms with E-state index in [1.807, 2.05) is 23.7 Å². The van der Waals surface area contributed by atoms with Gasteiger partial charge in [-0.15, -0.1) is 11.3 Å². The summed E-state index contributed by atoms with van der Waals surface area (Å²) in [6, 6.07) is 4.29. The van der Waals surface area contributed by atoms with Gasteiger partial charge in [0.15, 0.2) is 5.06 Å². The highest BCUT2D eigenvalue weighted by Gasteiger charge is 2.43. The van der Waals surface area contributed by atoms with Crippen LogP contribution in [0, 0.1) is 0 Å². The molecule has 1 N–H and O–H groups in total. The van der Waals surface area contributed by atoms with Crippen LogP contribution < -0.4 is 9.64 Å². The first-order valence-electron chi connectivity index (χ1n) is 8.73. The summed E-state index contributed by atoms with van der Waals surface area (Å²) in [5.41, 5.74) is 1.58. The molecular weight excluding hydrogens is 350 g/mol. The highest BCUT2D eigenvalue weighted by atomic mass is 32.1. The van der Waals surface area contributed by atoms with Crippen LogP contribution in [0.2, 0.25) is 0 Å². The fourth-order valence-corrected chi connectivity index (χ4v) is 4.91. The van der Waals surface area contributed by atoms with Gasteiger partial charge in [0.05, 0.1) is 30.1 Å². The van der Waals surface area contributed by atoms with Crippen LogP contribution in [0.1, 0.15) is 23.2 Å². The molecule has 2 bridgehead atoms. The summed E-state index contributed by atoms with van der Waals surface area (Å²) in [5, 5.41) is 3.70. The Hall–Kier alpha value is -2.61. The molecule has 2 fully saturated rings. The minimum Gasteiger partial charge on any atom is -0.487 e. The number of aromatic amines is 1. The maximum Gasteiger partial charge on any atom is 0.255 e. The van der Waals surface area contributed by atoms with E-state index in [-0.39, 0.29) is 18.0 Å². The molecule has 2 aliphatic heterocycles. The number of methoxy groups -OCH3 is 1. The van der Waals surface area contributed by atoms with Crippen LogP contribution in [-0.2, 0) is 0 Å². The molecule has 1 amide bonds. The van der Waals surface area contributed by atoms with Crippen LogP contribution in [0.5, 0.6) is 5.06 Å². The number of rotatable bonds is 3. The van der Waals surface area contributed by atoms with Crippen molar-refractivity contribution in [3.63, 3.8) is 0 Å². The number of hydrogen-bond donors (Lipinski definition) is 1. The molecule has 5 heterocycles. The quantitative estimate of drug-likeness (QED) is 0.768. The van der Waals surface area contributed by atoms with Crippen molar-refractivity contribution in [2.24, 2.45) is 0 Å². The minimum absolute atomic E-state index is 0.117. The standard InChI is InChI=1S/C18H19N5O2S/c1-25-15-6-11(9-26-15)18(24)23-12-2-3-13(23)8-22(7-12)17-14-4-5-19-16(14)20-10-21-17/h4-6,9-10,12-13H,2-3,7-8H2,1H3,(H,19,20,21). The summed E-state index contributed by atoms with van der Waals surface area (Å²) in [7, 11) is 1.63. The van der Waals surface area contributed by atoms with Gasteiger partial charge in [-0.2, -0.15) is 0 Å². The van der Waals surface area contributed by atoms with Crippen LogP contribution in [0.15, 0.2) is 30.0 Å². The number of carbonyl (C=O) groups excluding carboxylic acids is 1. The van der Waals surface area contributed by atoms with Crippen molar-refractivity contribution in [3.8, 4) is 5.06 Å². The van der Waals surface area contributed by atoms with Crippen molar-refractivity contribution in [1.82, 2.24) is 19.9 Å². The number of hydrogen-bond acceptors (Lipinski definition) is 6. The van der Waals surface area contributed by atoms with Crippen molar-refractivity contribution in [2.45, 2.75) is 24.9 Å². The highest BCUT2D eigenvalue weighted by Crippen LogP contribution is 2.36. The summed E-state index contributed by atoms with van der Waals surface area (Å²) in [6.07, 6.45) is 5.57. The maximum absolute atomic E-state index is 13.0. The highest BCUT2D eigenvalue weighted by molar-refractivity contribution is 7.12. The van der Waals surface area contributed by atoms with Gasteiger partial charge in [0, 0.05) is 30.7 Å². The Kier molecular flexibility index (Phi) is 3.59. The number of fused-ring (bicyclic) bond motifs is 3. The molecular formula is C18H19N5O2S. The maximum atomic E-state index is 13.0. The fourth-order valence-electron chi connectivity index (χ4n) is 4.20. The third-order valence-electron chi connectivity index (χ3n) is 5.37. The van der Waals surface area contributed by atoms with Crippen molar-refractivity contribution < 1.29 is 9.53 Å². The molecule has 26 heavy (non-hydrogen) atoms. The largest absolute Gasteiger partial charge is 0.487 e. The first-order valence-corrected chi connectivity index (χ1v) is 9.61. The minimum atomic E-state index is 0.117. The number of piperazine rings is 1. The van der Waals surface area contributed by atoms with Gasteiger partial charge in [0.1, 0.15) is 17.8 Å². The molecule has 0 spiro atoms. The van der Waals surface area contributed by atoms with Crippen LogP contribution in [-0.4, -0.2) is 58.0 Å². The Balaban J connectivity index is 1.41. The van der Waals surface area contributed by atoms with Crippen LogP contribution in [0.3, 0.4) is 0 Å². The lowest BCUT2D eigenvalue weighted by Crippen LogP contribution is -2.56. The number of ether oxygens (including phenoxy) is 1. The second-order valence-electron chi connectivity index (χ2n) is 6.80. The lowest BCUT2D eigenvalue weighted by Gasteiger charge is -2.41. The van der Waals surface area contributed by atoms with Crippen molar-refractivity contribution >= 4 is 34.1 Å². The molecule has 2 unspecified atom stereocenters. The lowest BCUT2D eigenvalue weighted by atomic mass is 10.1. The van der Waals surface area contributed by atoms with Crippen LogP contribution in [0.25, 0.3) is 11.0 Å². The number of nitrogens with zero attached hydrogens (tertiary/aromatic N) is 4. The lowest BCUT2D eigenvalue weighted by molar-refractivity contribution is 0.0641. The van der Waals surface area contributed by atoms with E-state index in [1.54, 1.807) is 13.4 Å². The Labute approximate surface area is 154 Å². The number of aromatic nitrogens is 3. The molecule has 0 aliphatic carbocycles. The number of nitrogens with one attached hydrogen (secondary N) is 1. The molecule has 5 rings (SSSR count). The zero-order valence-corrected chi connectivity index (χ0v) is 15.2. The smallest absolute Gasteiger partial charge is 0.255 e. The second kappa shape index (κ2) is 5.98. The van der Waals surface area contributed by atoms with Crippen molar-refractivity contribution in [2.75, 3.05) is 25.1 Å². The Morgan fingerprint density at radius 1 is 1.31 bits per heavy atom. The van der Waals surface area contributed by atoms with Gasteiger partial charge in [-0.3, -0.25) is 4.79 Å². The number of anilines is 1. The van der Waals surface area contributed by atoms with E-state index >= 15 is 0 Å². The Morgan fingerprint density at radius 2 is 2.12 bits per heavy atom. The summed E-state index contributed by atoms with van der Waals surface area (Å²) in [5.74, 6) is 1.07. The first-order chi connectivity index (χ1) is 12.7. The summed E-state index contributed by atoms with van der Waals surface area (Å²) >= 11 is 1.46. The zero-order chi connectivity index (χ0) is 17.7. The van der Waals surface area contributed by atoms with Gasteiger partial charge in [-0.05, 0) is 18.9 Å². The molecule has 2 atom stereocenters. The van der Waals surface area contributed by atoms with Gasteiger partial charge in [0.2, 0.25) is 0 Å². The van der Waals surface area contributed by atoms with Crippen molar-refractivity contribution in [3.05, 3.63) is 35.6 Å². The average molecular weight is 369 g/mol. The third-order valence-corrected chi connectivity index (χ3v) is 6.26.